The summed E-state index contributed by atoms with van der Waals surface area (Å²) < 4.78 is 116. The quantitative estimate of drug-likeness (QED) is 0.148. The van der Waals surface area contributed by atoms with Gasteiger partial charge in [0.1, 0.15) is 17.3 Å². The fourth-order valence-electron chi connectivity index (χ4n) is 4.85. The van der Waals surface area contributed by atoms with Gasteiger partial charge in [-0.1, -0.05) is 18.2 Å². The van der Waals surface area contributed by atoms with Crippen molar-refractivity contribution in [2.45, 2.75) is 30.8 Å². The van der Waals surface area contributed by atoms with Crippen molar-refractivity contribution in [1.29, 1.82) is 0 Å². The molecule has 0 fully saturated rings. The Hall–Kier alpha value is -4.63. The highest BCUT2D eigenvalue weighted by Crippen LogP contribution is 2.40. The summed E-state index contributed by atoms with van der Waals surface area (Å²) >= 11 is 0. The molecule has 3 aromatic carbocycles. The lowest BCUT2D eigenvalue weighted by molar-refractivity contribution is -0.274. The van der Waals surface area contributed by atoms with E-state index in [0.717, 1.165) is 24.6 Å². The summed E-state index contributed by atoms with van der Waals surface area (Å²) in [5.41, 5.74) is 0.974. The SMILES string of the molecule is Cc1nc(C(F)(F)F)cn1-c1ccc(-c2cccc(S(C)(=O)=O)c2)cc1-c1oc(CCN(C)C)nc1-c1ccc(OC(F)(F)F)cc1. The van der Waals surface area contributed by atoms with Gasteiger partial charge in [-0.2, -0.15) is 13.2 Å². The molecule has 2 aromatic heterocycles. The zero-order valence-corrected chi connectivity index (χ0v) is 26.3. The van der Waals surface area contributed by atoms with E-state index in [4.69, 9.17) is 4.42 Å². The maximum Gasteiger partial charge on any atom is 0.573 e. The standard InChI is InChI=1S/C32H28F6N4O4S/c1-19-39-27(31(33,34)35)18-42(19)26-13-10-22(21-6-5-7-24(16-21)47(4,43)44)17-25(26)30-29(40-28(45-30)14-15-41(2)3)20-8-11-23(12-9-20)46-32(36,37)38/h5-13,16-18H,14-15H2,1-4H3. The molecule has 0 saturated carbocycles. The van der Waals surface area contributed by atoms with Gasteiger partial charge < -0.3 is 18.6 Å². The van der Waals surface area contributed by atoms with E-state index >= 15 is 0 Å². The molecule has 15 heteroatoms. The maximum absolute atomic E-state index is 13.7. The Balaban J connectivity index is 1.75. The number of benzene rings is 3. The molecule has 0 aliphatic rings. The van der Waals surface area contributed by atoms with Crippen molar-refractivity contribution in [3.8, 4) is 45.1 Å². The molecule has 0 aliphatic heterocycles. The number of oxazole rings is 1. The Morgan fingerprint density at radius 3 is 2.15 bits per heavy atom. The number of imidazole rings is 1. The second kappa shape index (κ2) is 12.5. The summed E-state index contributed by atoms with van der Waals surface area (Å²) in [6.07, 6.45) is -7.37. The van der Waals surface area contributed by atoms with E-state index in [9.17, 15) is 34.8 Å². The fraction of sp³-hybridized carbons (Fsp3) is 0.250. The number of likely N-dealkylation sites (N-methyl/N-ethyl adjacent to an activating group) is 1. The number of halogens is 6. The van der Waals surface area contributed by atoms with Crippen LogP contribution in [0.1, 0.15) is 17.4 Å². The molecule has 2 heterocycles. The molecule has 5 aromatic rings. The number of hydrogen-bond acceptors (Lipinski definition) is 7. The zero-order chi connectivity index (χ0) is 34.3. The minimum Gasteiger partial charge on any atom is -0.440 e. The molecule has 0 saturated heterocycles. The van der Waals surface area contributed by atoms with Crippen LogP contribution in [0.15, 0.2) is 82.2 Å². The van der Waals surface area contributed by atoms with E-state index in [1.165, 1.54) is 35.8 Å². The summed E-state index contributed by atoms with van der Waals surface area (Å²) in [5.74, 6) is -0.0386. The van der Waals surface area contributed by atoms with Gasteiger partial charge in [-0.3, -0.25) is 0 Å². The van der Waals surface area contributed by atoms with Gasteiger partial charge in [0.15, 0.2) is 27.2 Å². The minimum absolute atomic E-state index is 0.0212. The van der Waals surface area contributed by atoms with Crippen molar-refractivity contribution in [3.63, 3.8) is 0 Å². The van der Waals surface area contributed by atoms with Gasteiger partial charge in [-0.15, -0.1) is 13.2 Å². The molecule has 0 atom stereocenters. The summed E-state index contributed by atoms with van der Waals surface area (Å²) in [5, 5.41) is 0. The Bertz CT molecular complexity index is 2010. The first-order chi connectivity index (χ1) is 21.9. The van der Waals surface area contributed by atoms with Gasteiger partial charge in [0.05, 0.1) is 10.6 Å². The molecule has 0 unspecified atom stereocenters. The molecule has 0 N–H and O–H groups in total. The molecule has 0 amide bonds. The molecule has 248 valence electrons. The van der Waals surface area contributed by atoms with Crippen LogP contribution >= 0.6 is 0 Å². The molecule has 47 heavy (non-hydrogen) atoms. The van der Waals surface area contributed by atoms with Gasteiger partial charge in [-0.25, -0.2) is 18.4 Å². The van der Waals surface area contributed by atoms with Crippen LogP contribution < -0.4 is 4.74 Å². The first kappa shape index (κ1) is 33.7. The predicted molar refractivity (Wildman–Crippen MR) is 162 cm³/mol. The van der Waals surface area contributed by atoms with Crippen molar-refractivity contribution in [3.05, 3.63) is 90.3 Å². The third-order valence-electron chi connectivity index (χ3n) is 7.07. The molecule has 8 nitrogen and oxygen atoms in total. The highest BCUT2D eigenvalue weighted by atomic mass is 32.2. The van der Waals surface area contributed by atoms with E-state index in [1.807, 2.05) is 19.0 Å². The van der Waals surface area contributed by atoms with Crippen LogP contribution in [0.25, 0.3) is 39.4 Å². The van der Waals surface area contributed by atoms with Crippen LogP contribution in [0.2, 0.25) is 0 Å². The molecular formula is C32H28F6N4O4S. The first-order valence-electron chi connectivity index (χ1n) is 14.0. The lowest BCUT2D eigenvalue weighted by Crippen LogP contribution is -2.16. The molecule has 0 bridgehead atoms. The largest absolute Gasteiger partial charge is 0.573 e. The van der Waals surface area contributed by atoms with Crippen LogP contribution in [0.5, 0.6) is 5.75 Å². The smallest absolute Gasteiger partial charge is 0.440 e. The van der Waals surface area contributed by atoms with E-state index in [1.54, 1.807) is 30.3 Å². The highest BCUT2D eigenvalue weighted by molar-refractivity contribution is 7.90. The van der Waals surface area contributed by atoms with Crippen molar-refractivity contribution in [1.82, 2.24) is 19.4 Å². The number of aryl methyl sites for hydroxylation is 1. The second-order valence-electron chi connectivity index (χ2n) is 11.0. The number of hydrogen-bond donors (Lipinski definition) is 0. The van der Waals surface area contributed by atoms with Gasteiger partial charge in [-0.05, 0) is 80.7 Å². The van der Waals surface area contributed by atoms with Crippen LogP contribution in [0.4, 0.5) is 26.3 Å². The van der Waals surface area contributed by atoms with Crippen LogP contribution in [-0.2, 0) is 22.4 Å². The van der Waals surface area contributed by atoms with E-state index < -0.39 is 33.8 Å². The molecule has 0 spiro atoms. The first-order valence-corrected chi connectivity index (χ1v) is 15.9. The van der Waals surface area contributed by atoms with Gasteiger partial charge in [0.25, 0.3) is 0 Å². The predicted octanol–water partition coefficient (Wildman–Crippen LogP) is 7.59. The van der Waals surface area contributed by atoms with Gasteiger partial charge in [0, 0.05) is 36.5 Å². The summed E-state index contributed by atoms with van der Waals surface area (Å²) in [4.78, 5) is 10.3. The number of aromatic nitrogens is 3. The van der Waals surface area contributed by atoms with E-state index in [2.05, 4.69) is 14.7 Å². The number of sulfone groups is 1. The normalized spacial score (nSPS) is 12.6. The third-order valence-corrected chi connectivity index (χ3v) is 8.18. The Morgan fingerprint density at radius 2 is 1.55 bits per heavy atom. The number of ether oxygens (including phenoxy) is 1. The fourth-order valence-corrected chi connectivity index (χ4v) is 5.52. The van der Waals surface area contributed by atoms with Gasteiger partial charge >= 0.3 is 12.5 Å². The lowest BCUT2D eigenvalue weighted by atomic mass is 9.98. The molecule has 0 radical (unpaired) electrons. The van der Waals surface area contributed by atoms with Crippen molar-refractivity contribution in [2.24, 2.45) is 0 Å². The van der Waals surface area contributed by atoms with Crippen molar-refractivity contribution < 1.29 is 43.9 Å². The highest BCUT2D eigenvalue weighted by Gasteiger charge is 2.35. The second-order valence-corrected chi connectivity index (χ2v) is 13.0. The average molecular weight is 679 g/mol. The molecule has 0 aliphatic carbocycles. The Morgan fingerprint density at radius 1 is 0.894 bits per heavy atom. The number of rotatable bonds is 9. The summed E-state index contributed by atoms with van der Waals surface area (Å²) in [6, 6.07) is 15.9. The van der Waals surface area contributed by atoms with E-state index in [0.29, 0.717) is 29.7 Å². The molecule has 5 rings (SSSR count). The third kappa shape index (κ3) is 7.85. The van der Waals surface area contributed by atoms with Crippen LogP contribution in [-0.4, -0.2) is 61.1 Å². The molecular weight excluding hydrogens is 650 g/mol. The van der Waals surface area contributed by atoms with Crippen LogP contribution in [0.3, 0.4) is 0 Å². The topological polar surface area (TPSA) is 90.5 Å². The Labute approximate surface area is 266 Å². The van der Waals surface area contributed by atoms with Gasteiger partial charge in [0.2, 0.25) is 0 Å². The summed E-state index contributed by atoms with van der Waals surface area (Å²) in [7, 11) is 0.124. The monoisotopic (exact) mass is 678 g/mol. The van der Waals surface area contributed by atoms with Crippen molar-refractivity contribution >= 4 is 9.84 Å². The minimum atomic E-state index is -4.90. The number of nitrogens with zero attached hydrogens (tertiary/aromatic N) is 4. The maximum atomic E-state index is 13.7. The van der Waals surface area contributed by atoms with E-state index in [-0.39, 0.29) is 39.3 Å². The lowest BCUT2D eigenvalue weighted by Gasteiger charge is -2.14. The number of alkyl halides is 6. The van der Waals surface area contributed by atoms with Crippen LogP contribution in [0, 0.1) is 6.92 Å². The Kier molecular flexibility index (Phi) is 8.99. The van der Waals surface area contributed by atoms with Crippen molar-refractivity contribution in [2.75, 3.05) is 26.9 Å². The summed E-state index contributed by atoms with van der Waals surface area (Å²) in [6.45, 7) is 1.93. The average Bonchev–Trinajstić information content (AvgIpc) is 3.59. The zero-order valence-electron chi connectivity index (χ0n) is 25.4.